The molecule has 5 heteroatoms. The molecular formula is C9H14N2O3. The van der Waals surface area contributed by atoms with Crippen LogP contribution in [0.1, 0.15) is 0 Å². The third-order valence-corrected chi connectivity index (χ3v) is 1.95. The zero-order chi connectivity index (χ0) is 10.4. The maximum atomic E-state index is 11.4. The Bertz CT molecular complexity index is 244. The largest absolute Gasteiger partial charge is 0.378 e. The minimum absolute atomic E-state index is 0.142. The summed E-state index contributed by atoms with van der Waals surface area (Å²) in [6, 6.07) is 0. The van der Waals surface area contributed by atoms with E-state index in [4.69, 9.17) is 4.74 Å². The second-order valence-corrected chi connectivity index (χ2v) is 2.89. The Balaban J connectivity index is 2.40. The van der Waals surface area contributed by atoms with Crippen molar-refractivity contribution in [1.82, 2.24) is 10.2 Å². The van der Waals surface area contributed by atoms with E-state index in [1.807, 2.05) is 0 Å². The average molecular weight is 198 g/mol. The van der Waals surface area contributed by atoms with Crippen LogP contribution in [0.3, 0.4) is 0 Å². The van der Waals surface area contributed by atoms with Gasteiger partial charge < -0.3 is 15.0 Å². The highest BCUT2D eigenvalue weighted by Gasteiger charge is 2.13. The average Bonchev–Trinajstić information content (AvgIpc) is 2.26. The molecule has 0 spiro atoms. The molecule has 1 fully saturated rings. The van der Waals surface area contributed by atoms with Crippen molar-refractivity contribution in [2.45, 2.75) is 0 Å². The first-order chi connectivity index (χ1) is 6.74. The summed E-state index contributed by atoms with van der Waals surface area (Å²) in [6.07, 6.45) is 2.52. The lowest BCUT2D eigenvalue weighted by Crippen LogP contribution is -2.39. The van der Waals surface area contributed by atoms with Gasteiger partial charge in [-0.3, -0.25) is 9.59 Å². The number of hydrogen-bond acceptors (Lipinski definition) is 3. The predicted molar refractivity (Wildman–Crippen MR) is 50.6 cm³/mol. The molecule has 1 N–H and O–H groups in total. The molecule has 0 radical (unpaired) electrons. The maximum absolute atomic E-state index is 11.4. The molecule has 0 aromatic rings. The number of nitrogens with zero attached hydrogens (tertiary/aromatic N) is 1. The molecule has 0 bridgehead atoms. The van der Waals surface area contributed by atoms with Gasteiger partial charge in [0.25, 0.3) is 0 Å². The van der Waals surface area contributed by atoms with E-state index in [9.17, 15) is 9.59 Å². The van der Waals surface area contributed by atoms with Gasteiger partial charge in [-0.2, -0.15) is 0 Å². The molecule has 0 aromatic heterocycles. The lowest BCUT2D eigenvalue weighted by atomic mass is 10.3. The third-order valence-electron chi connectivity index (χ3n) is 1.95. The SMILES string of the molecule is CNC(=O)/C=C/C(=O)N1CCOCC1. The van der Waals surface area contributed by atoms with Crippen LogP contribution in [0.4, 0.5) is 0 Å². The summed E-state index contributed by atoms with van der Waals surface area (Å²) in [5.74, 6) is -0.413. The van der Waals surface area contributed by atoms with Gasteiger partial charge in [-0.15, -0.1) is 0 Å². The van der Waals surface area contributed by atoms with Crippen LogP contribution < -0.4 is 5.32 Å². The Morgan fingerprint density at radius 3 is 2.50 bits per heavy atom. The highest BCUT2D eigenvalue weighted by atomic mass is 16.5. The van der Waals surface area contributed by atoms with E-state index >= 15 is 0 Å². The second kappa shape index (κ2) is 5.39. The first kappa shape index (κ1) is 10.7. The summed E-state index contributed by atoms with van der Waals surface area (Å²) in [4.78, 5) is 23.9. The first-order valence-electron chi connectivity index (χ1n) is 4.50. The standard InChI is InChI=1S/C9H14N2O3/c1-10-8(12)2-3-9(13)11-4-6-14-7-5-11/h2-3H,4-7H2,1H3,(H,10,12)/b3-2+. The zero-order valence-electron chi connectivity index (χ0n) is 8.16. The molecular weight excluding hydrogens is 184 g/mol. The Hall–Kier alpha value is -1.36. The summed E-state index contributed by atoms with van der Waals surface area (Å²) in [6.45, 7) is 2.33. The maximum Gasteiger partial charge on any atom is 0.246 e. The Kier molecular flexibility index (Phi) is 4.12. The molecule has 0 aliphatic carbocycles. The molecule has 1 heterocycles. The third kappa shape index (κ3) is 3.18. The molecule has 1 rings (SSSR count). The number of carbonyl (C=O) groups excluding carboxylic acids is 2. The summed E-state index contributed by atoms with van der Waals surface area (Å²) in [5, 5.41) is 2.40. The number of rotatable bonds is 2. The topological polar surface area (TPSA) is 58.6 Å². The zero-order valence-corrected chi connectivity index (χ0v) is 8.16. The van der Waals surface area contributed by atoms with Crippen LogP contribution in [0.15, 0.2) is 12.2 Å². The van der Waals surface area contributed by atoms with Crippen molar-refractivity contribution in [3.8, 4) is 0 Å². The fourth-order valence-corrected chi connectivity index (χ4v) is 1.12. The molecule has 1 aliphatic heterocycles. The van der Waals surface area contributed by atoms with Crippen LogP contribution >= 0.6 is 0 Å². The minimum atomic E-state index is -0.272. The highest BCUT2D eigenvalue weighted by Crippen LogP contribution is 1.97. The normalized spacial score (nSPS) is 17.1. The van der Waals surface area contributed by atoms with Crippen LogP contribution in [0, 0.1) is 0 Å². The van der Waals surface area contributed by atoms with Gasteiger partial charge in [0.15, 0.2) is 0 Å². The van der Waals surface area contributed by atoms with E-state index < -0.39 is 0 Å². The number of amides is 2. The van der Waals surface area contributed by atoms with Crippen molar-refractivity contribution in [2.24, 2.45) is 0 Å². The minimum Gasteiger partial charge on any atom is -0.378 e. The van der Waals surface area contributed by atoms with E-state index in [0.29, 0.717) is 26.3 Å². The van der Waals surface area contributed by atoms with Crippen LogP contribution in [0.2, 0.25) is 0 Å². The first-order valence-corrected chi connectivity index (χ1v) is 4.50. The monoisotopic (exact) mass is 198 g/mol. The summed E-state index contributed by atoms with van der Waals surface area (Å²) in [5.41, 5.74) is 0. The van der Waals surface area contributed by atoms with Gasteiger partial charge in [-0.25, -0.2) is 0 Å². The predicted octanol–water partition coefficient (Wildman–Crippen LogP) is -0.853. The molecule has 5 nitrogen and oxygen atoms in total. The summed E-state index contributed by atoms with van der Waals surface area (Å²) in [7, 11) is 1.52. The fraction of sp³-hybridized carbons (Fsp3) is 0.556. The molecule has 0 unspecified atom stereocenters. The summed E-state index contributed by atoms with van der Waals surface area (Å²) < 4.78 is 5.10. The van der Waals surface area contributed by atoms with Crippen LogP contribution in [-0.2, 0) is 14.3 Å². The van der Waals surface area contributed by atoms with E-state index in [-0.39, 0.29) is 11.8 Å². The Morgan fingerprint density at radius 1 is 1.29 bits per heavy atom. The molecule has 14 heavy (non-hydrogen) atoms. The van der Waals surface area contributed by atoms with Crippen molar-refractivity contribution in [3.63, 3.8) is 0 Å². The number of likely N-dealkylation sites (N-methyl/N-ethyl adjacent to an activating group) is 1. The van der Waals surface area contributed by atoms with E-state index in [1.54, 1.807) is 4.90 Å². The van der Waals surface area contributed by atoms with Gasteiger partial charge in [-0.1, -0.05) is 0 Å². The van der Waals surface area contributed by atoms with E-state index in [1.165, 1.54) is 19.2 Å². The van der Waals surface area contributed by atoms with Crippen LogP contribution in [0.25, 0.3) is 0 Å². The lowest BCUT2D eigenvalue weighted by Gasteiger charge is -2.25. The Morgan fingerprint density at radius 2 is 1.93 bits per heavy atom. The van der Waals surface area contributed by atoms with Crippen molar-refractivity contribution in [2.75, 3.05) is 33.4 Å². The van der Waals surface area contributed by atoms with Gasteiger partial charge in [0.2, 0.25) is 11.8 Å². The molecule has 2 amide bonds. The van der Waals surface area contributed by atoms with Gasteiger partial charge >= 0.3 is 0 Å². The van der Waals surface area contributed by atoms with Gasteiger partial charge in [0.05, 0.1) is 13.2 Å². The quantitative estimate of drug-likeness (QED) is 0.588. The number of carbonyl (C=O) groups is 2. The molecule has 0 aromatic carbocycles. The smallest absolute Gasteiger partial charge is 0.246 e. The molecule has 78 valence electrons. The van der Waals surface area contributed by atoms with Gasteiger partial charge in [0, 0.05) is 32.3 Å². The van der Waals surface area contributed by atoms with E-state index in [0.717, 1.165) is 0 Å². The highest BCUT2D eigenvalue weighted by molar-refractivity contribution is 5.96. The van der Waals surface area contributed by atoms with Crippen molar-refractivity contribution >= 4 is 11.8 Å². The molecule has 1 aliphatic rings. The summed E-state index contributed by atoms with van der Waals surface area (Å²) >= 11 is 0. The van der Waals surface area contributed by atoms with Gasteiger partial charge in [-0.05, 0) is 0 Å². The van der Waals surface area contributed by atoms with E-state index in [2.05, 4.69) is 5.32 Å². The number of nitrogens with one attached hydrogen (secondary N) is 1. The Labute approximate surface area is 82.7 Å². The van der Waals surface area contributed by atoms with Crippen molar-refractivity contribution in [3.05, 3.63) is 12.2 Å². The van der Waals surface area contributed by atoms with Gasteiger partial charge in [0.1, 0.15) is 0 Å². The van der Waals surface area contributed by atoms with Crippen LogP contribution in [-0.4, -0.2) is 50.1 Å². The fourth-order valence-electron chi connectivity index (χ4n) is 1.12. The number of hydrogen-bond donors (Lipinski definition) is 1. The van der Waals surface area contributed by atoms with Crippen molar-refractivity contribution in [1.29, 1.82) is 0 Å². The number of morpholine rings is 1. The molecule has 0 atom stereocenters. The number of ether oxygens (including phenoxy) is 1. The molecule has 0 saturated carbocycles. The second-order valence-electron chi connectivity index (χ2n) is 2.89. The van der Waals surface area contributed by atoms with Crippen molar-refractivity contribution < 1.29 is 14.3 Å². The molecule has 1 saturated heterocycles. The van der Waals surface area contributed by atoms with Crippen LogP contribution in [0.5, 0.6) is 0 Å². The lowest BCUT2D eigenvalue weighted by molar-refractivity contribution is -0.130.